The van der Waals surface area contributed by atoms with Crippen LogP contribution in [-0.2, 0) is 10.2 Å². The van der Waals surface area contributed by atoms with E-state index in [0.29, 0.717) is 13.2 Å². The molecule has 0 saturated heterocycles. The number of ether oxygens (including phenoxy) is 2. The van der Waals surface area contributed by atoms with Gasteiger partial charge in [0, 0.05) is 0 Å². The fourth-order valence-corrected chi connectivity index (χ4v) is 2.34. The Morgan fingerprint density at radius 2 is 1.62 bits per heavy atom. The van der Waals surface area contributed by atoms with Crippen LogP contribution in [0.25, 0.3) is 0 Å². The lowest BCUT2D eigenvalue weighted by Gasteiger charge is -2.22. The van der Waals surface area contributed by atoms with Crippen LogP contribution in [0.2, 0.25) is 0 Å². The highest BCUT2D eigenvalue weighted by Gasteiger charge is 2.18. The van der Waals surface area contributed by atoms with Crippen molar-refractivity contribution in [3.63, 3.8) is 0 Å². The molecule has 1 aromatic carbocycles. The van der Waals surface area contributed by atoms with Gasteiger partial charge in [-0.25, -0.2) is 0 Å². The Bertz CT molecular complexity index is 394. The molecule has 120 valence electrons. The third-order valence-electron chi connectivity index (χ3n) is 3.78. The minimum absolute atomic E-state index is 0.101. The van der Waals surface area contributed by atoms with Gasteiger partial charge in [-0.3, -0.25) is 0 Å². The average Bonchev–Trinajstić information content (AvgIpc) is 2.46. The molecule has 1 aromatic rings. The molecule has 1 N–H and O–H groups in total. The number of hydrogen-bond donors (Lipinski definition) is 1. The van der Waals surface area contributed by atoms with Crippen molar-refractivity contribution in [1.29, 1.82) is 0 Å². The van der Waals surface area contributed by atoms with Gasteiger partial charge in [0.25, 0.3) is 0 Å². The van der Waals surface area contributed by atoms with Gasteiger partial charge in [0.2, 0.25) is 0 Å². The van der Waals surface area contributed by atoms with Gasteiger partial charge in [0.05, 0.1) is 26.3 Å². The predicted octanol–water partition coefficient (Wildman–Crippen LogP) is 2.30. The zero-order valence-corrected chi connectivity index (χ0v) is 14.4. The first-order valence-corrected chi connectivity index (χ1v) is 8.12. The Hall–Kier alpha value is -1.06. The van der Waals surface area contributed by atoms with E-state index in [1.165, 1.54) is 5.56 Å². The van der Waals surface area contributed by atoms with E-state index in [1.54, 1.807) is 4.90 Å². The van der Waals surface area contributed by atoms with Crippen LogP contribution in [0.15, 0.2) is 24.3 Å². The Labute approximate surface area is 130 Å². The van der Waals surface area contributed by atoms with Crippen molar-refractivity contribution in [2.45, 2.75) is 40.0 Å². The van der Waals surface area contributed by atoms with Crippen LogP contribution in [0.5, 0.6) is 5.75 Å². The lowest BCUT2D eigenvalue weighted by molar-refractivity contribution is -0.896. The Balaban J connectivity index is 2.31. The highest BCUT2D eigenvalue weighted by atomic mass is 16.5. The smallest absolute Gasteiger partial charge is 0.123 e. The van der Waals surface area contributed by atoms with E-state index in [4.69, 9.17) is 9.47 Å². The van der Waals surface area contributed by atoms with Crippen molar-refractivity contribution in [1.82, 2.24) is 0 Å². The lowest BCUT2D eigenvalue weighted by atomic mass is 9.86. The van der Waals surface area contributed by atoms with E-state index in [9.17, 15) is 0 Å². The van der Waals surface area contributed by atoms with E-state index in [0.717, 1.165) is 32.0 Å². The second-order valence-electron chi connectivity index (χ2n) is 6.41. The number of nitrogens with one attached hydrogen (secondary N) is 1. The van der Waals surface area contributed by atoms with Crippen LogP contribution >= 0.6 is 0 Å². The fraction of sp³-hybridized carbons (Fsp3) is 0.667. The molecule has 0 heterocycles. The van der Waals surface area contributed by atoms with E-state index in [2.05, 4.69) is 46.8 Å². The summed E-state index contributed by atoms with van der Waals surface area (Å²) in [7, 11) is 0. The lowest BCUT2D eigenvalue weighted by Crippen LogP contribution is -3.11. The molecular weight excluding hydrogens is 262 g/mol. The van der Waals surface area contributed by atoms with Gasteiger partial charge in [-0.05, 0) is 30.9 Å². The van der Waals surface area contributed by atoms with E-state index in [-0.39, 0.29) is 5.41 Å². The molecule has 0 atom stereocenters. The van der Waals surface area contributed by atoms with E-state index >= 15 is 0 Å². The van der Waals surface area contributed by atoms with Crippen molar-refractivity contribution < 1.29 is 14.4 Å². The minimum atomic E-state index is 0.101. The number of rotatable bonds is 9. The summed E-state index contributed by atoms with van der Waals surface area (Å²) in [6, 6.07) is 8.27. The third-order valence-corrected chi connectivity index (χ3v) is 3.78. The van der Waals surface area contributed by atoms with Gasteiger partial charge in [0.1, 0.15) is 18.9 Å². The van der Waals surface area contributed by atoms with Crippen LogP contribution in [0.1, 0.15) is 40.2 Å². The minimum Gasteiger partial charge on any atom is -0.491 e. The molecule has 0 bridgehead atoms. The molecule has 3 heteroatoms. The summed E-state index contributed by atoms with van der Waals surface area (Å²) in [5, 5.41) is 0. The maximum absolute atomic E-state index is 5.89. The first-order chi connectivity index (χ1) is 9.99. The molecule has 3 nitrogen and oxygen atoms in total. The van der Waals surface area contributed by atoms with Crippen LogP contribution < -0.4 is 9.64 Å². The van der Waals surface area contributed by atoms with Crippen LogP contribution in [-0.4, -0.2) is 39.5 Å². The second-order valence-corrected chi connectivity index (χ2v) is 6.41. The number of benzene rings is 1. The molecule has 0 aliphatic rings. The summed E-state index contributed by atoms with van der Waals surface area (Å²) >= 11 is 0. The van der Waals surface area contributed by atoms with Gasteiger partial charge in [-0.2, -0.15) is 0 Å². The number of quaternary nitrogens is 1. The summed E-state index contributed by atoms with van der Waals surface area (Å²) in [5.41, 5.74) is 1.35. The van der Waals surface area contributed by atoms with Crippen molar-refractivity contribution in [2.24, 2.45) is 0 Å². The molecule has 21 heavy (non-hydrogen) atoms. The normalized spacial score (nSPS) is 11.9. The van der Waals surface area contributed by atoms with Crippen molar-refractivity contribution in [2.75, 3.05) is 39.5 Å². The highest BCUT2D eigenvalue weighted by molar-refractivity contribution is 5.38. The summed E-state index contributed by atoms with van der Waals surface area (Å²) in [4.78, 5) is 1.58. The Kier molecular flexibility index (Phi) is 7.76. The number of para-hydroxylation sites is 1. The van der Waals surface area contributed by atoms with Gasteiger partial charge in [0.15, 0.2) is 0 Å². The van der Waals surface area contributed by atoms with Gasteiger partial charge in [-0.1, -0.05) is 39.0 Å². The monoisotopic (exact) mass is 294 g/mol. The molecule has 0 aromatic heterocycles. The topological polar surface area (TPSA) is 22.9 Å². The molecule has 0 spiro atoms. The summed E-state index contributed by atoms with van der Waals surface area (Å²) < 4.78 is 11.6. The Morgan fingerprint density at radius 1 is 0.952 bits per heavy atom. The number of likely N-dealkylation sites (N-methyl/N-ethyl adjacent to an activating group) is 1. The molecule has 0 fully saturated rings. The third kappa shape index (κ3) is 6.49. The quantitative estimate of drug-likeness (QED) is 0.706. The van der Waals surface area contributed by atoms with Crippen molar-refractivity contribution >= 4 is 0 Å². The van der Waals surface area contributed by atoms with Crippen molar-refractivity contribution in [3.05, 3.63) is 29.8 Å². The average molecular weight is 294 g/mol. The van der Waals surface area contributed by atoms with Crippen molar-refractivity contribution in [3.8, 4) is 5.75 Å². The highest BCUT2D eigenvalue weighted by Crippen LogP contribution is 2.30. The van der Waals surface area contributed by atoms with Crippen LogP contribution in [0.4, 0.5) is 0 Å². The molecule has 0 radical (unpaired) electrons. The fourth-order valence-electron chi connectivity index (χ4n) is 2.34. The first-order valence-electron chi connectivity index (χ1n) is 8.12. The van der Waals surface area contributed by atoms with Crippen LogP contribution in [0.3, 0.4) is 0 Å². The maximum atomic E-state index is 5.89. The molecule has 1 rings (SSSR count). The standard InChI is InChI=1S/C18H31NO2/c1-6-19(7-2)12-13-20-14-15-21-17-11-9-8-10-16(17)18(3,4)5/h8-11H,6-7,12-15H2,1-5H3/p+1. The van der Waals surface area contributed by atoms with Gasteiger partial charge in [-0.15, -0.1) is 0 Å². The zero-order valence-electron chi connectivity index (χ0n) is 14.4. The van der Waals surface area contributed by atoms with Gasteiger partial charge < -0.3 is 14.4 Å². The SMILES string of the molecule is CC[NH+](CC)CCOCCOc1ccccc1C(C)(C)C. The summed E-state index contributed by atoms with van der Waals surface area (Å²) in [6.07, 6.45) is 0. The van der Waals surface area contributed by atoms with Gasteiger partial charge >= 0.3 is 0 Å². The Morgan fingerprint density at radius 3 is 2.24 bits per heavy atom. The summed E-state index contributed by atoms with van der Waals surface area (Å²) in [6.45, 7) is 16.5. The molecule has 0 amide bonds. The number of hydrogen-bond acceptors (Lipinski definition) is 2. The molecule has 0 aliphatic carbocycles. The molecule has 0 unspecified atom stereocenters. The summed E-state index contributed by atoms with van der Waals surface area (Å²) in [5.74, 6) is 0.975. The maximum Gasteiger partial charge on any atom is 0.123 e. The van der Waals surface area contributed by atoms with E-state index < -0.39 is 0 Å². The van der Waals surface area contributed by atoms with Crippen LogP contribution in [0, 0.1) is 0 Å². The zero-order chi connectivity index (χ0) is 15.7. The first kappa shape index (κ1) is 18.0. The van der Waals surface area contributed by atoms with E-state index in [1.807, 2.05) is 12.1 Å². The molecule has 0 saturated carbocycles. The second kappa shape index (κ2) is 9.06. The molecular formula is C18H32NO2+. The predicted molar refractivity (Wildman–Crippen MR) is 88.4 cm³/mol. The molecule has 0 aliphatic heterocycles. The largest absolute Gasteiger partial charge is 0.491 e.